The van der Waals surface area contributed by atoms with Crippen LogP contribution in [0.15, 0.2) is 42.5 Å². The van der Waals surface area contributed by atoms with E-state index in [1.165, 1.54) is 19.1 Å². The monoisotopic (exact) mass is 418 g/mol. The van der Waals surface area contributed by atoms with Crippen LogP contribution in [0.1, 0.15) is 22.8 Å². The van der Waals surface area contributed by atoms with E-state index in [9.17, 15) is 14.4 Å². The minimum atomic E-state index is -1.01. The van der Waals surface area contributed by atoms with Crippen LogP contribution in [0, 0.1) is 0 Å². The number of halogens is 1. The Morgan fingerprint density at radius 2 is 1.79 bits per heavy atom. The van der Waals surface area contributed by atoms with Crippen LogP contribution < -0.4 is 20.1 Å². The fourth-order valence-corrected chi connectivity index (χ4v) is 2.66. The van der Waals surface area contributed by atoms with Gasteiger partial charge in [0, 0.05) is 17.1 Å². The highest BCUT2D eigenvalue weighted by Crippen LogP contribution is 2.32. The minimum absolute atomic E-state index is 0.173. The van der Waals surface area contributed by atoms with Crippen molar-refractivity contribution >= 4 is 29.4 Å². The standard InChI is InChI=1S/C20H19ClN2O6/c1-12(19(25)22-9-13-2-7-16-17(8-13)28-11-27-16)29-18(24)10-23-20(26)14-3-5-15(21)6-4-14/h2-8,12H,9-11H2,1H3,(H,22,25)(H,23,26)/t12-/m0/s1. The molecule has 29 heavy (non-hydrogen) atoms. The first-order valence-corrected chi connectivity index (χ1v) is 9.19. The Balaban J connectivity index is 1.41. The SMILES string of the molecule is C[C@H](OC(=O)CNC(=O)c1ccc(Cl)cc1)C(=O)NCc1ccc2c(c1)OCO2. The molecular weight excluding hydrogens is 400 g/mol. The number of hydrogen-bond donors (Lipinski definition) is 2. The summed E-state index contributed by atoms with van der Waals surface area (Å²) >= 11 is 5.76. The van der Waals surface area contributed by atoms with Crippen molar-refractivity contribution in [3.8, 4) is 11.5 Å². The lowest BCUT2D eigenvalue weighted by molar-refractivity contribution is -0.153. The first-order chi connectivity index (χ1) is 13.9. The van der Waals surface area contributed by atoms with Gasteiger partial charge in [-0.15, -0.1) is 0 Å². The Morgan fingerprint density at radius 1 is 1.07 bits per heavy atom. The smallest absolute Gasteiger partial charge is 0.326 e. The number of ether oxygens (including phenoxy) is 3. The van der Waals surface area contributed by atoms with E-state index in [0.717, 1.165) is 5.56 Å². The van der Waals surface area contributed by atoms with Crippen LogP contribution in [0.4, 0.5) is 0 Å². The van der Waals surface area contributed by atoms with Crippen molar-refractivity contribution in [2.45, 2.75) is 19.6 Å². The molecule has 2 N–H and O–H groups in total. The summed E-state index contributed by atoms with van der Waals surface area (Å²) in [5, 5.41) is 5.61. The molecule has 2 aromatic carbocycles. The molecule has 152 valence electrons. The van der Waals surface area contributed by atoms with Crippen molar-refractivity contribution in [2.75, 3.05) is 13.3 Å². The molecule has 3 rings (SSSR count). The van der Waals surface area contributed by atoms with Crippen molar-refractivity contribution < 1.29 is 28.6 Å². The molecule has 2 amide bonds. The van der Waals surface area contributed by atoms with E-state index >= 15 is 0 Å². The number of nitrogens with one attached hydrogen (secondary N) is 2. The minimum Gasteiger partial charge on any atom is -0.454 e. The molecule has 0 bridgehead atoms. The van der Waals surface area contributed by atoms with E-state index in [2.05, 4.69) is 10.6 Å². The van der Waals surface area contributed by atoms with Gasteiger partial charge in [-0.2, -0.15) is 0 Å². The van der Waals surface area contributed by atoms with Crippen LogP contribution >= 0.6 is 11.6 Å². The first kappa shape index (κ1) is 20.5. The number of carbonyl (C=O) groups excluding carboxylic acids is 3. The zero-order valence-electron chi connectivity index (χ0n) is 15.6. The first-order valence-electron chi connectivity index (χ1n) is 8.82. The molecule has 9 heteroatoms. The summed E-state index contributed by atoms with van der Waals surface area (Å²) in [6, 6.07) is 11.5. The summed E-state index contributed by atoms with van der Waals surface area (Å²) < 4.78 is 15.6. The van der Waals surface area contributed by atoms with E-state index in [-0.39, 0.29) is 19.9 Å². The van der Waals surface area contributed by atoms with Gasteiger partial charge in [-0.1, -0.05) is 17.7 Å². The van der Waals surface area contributed by atoms with Crippen LogP contribution in [-0.2, 0) is 20.9 Å². The normalized spacial score (nSPS) is 12.8. The molecular formula is C20H19ClN2O6. The maximum absolute atomic E-state index is 12.1. The summed E-state index contributed by atoms with van der Waals surface area (Å²) in [4.78, 5) is 36.0. The van der Waals surface area contributed by atoms with Crippen molar-refractivity contribution in [2.24, 2.45) is 0 Å². The van der Waals surface area contributed by atoms with Crippen molar-refractivity contribution in [3.63, 3.8) is 0 Å². The third-order valence-electron chi connectivity index (χ3n) is 4.08. The fraction of sp³-hybridized carbons (Fsp3) is 0.250. The molecule has 0 spiro atoms. The third-order valence-corrected chi connectivity index (χ3v) is 4.33. The van der Waals surface area contributed by atoms with E-state index in [4.69, 9.17) is 25.8 Å². The average Bonchev–Trinajstić information content (AvgIpc) is 3.18. The molecule has 1 aliphatic rings. The van der Waals surface area contributed by atoms with E-state index in [1.807, 2.05) is 0 Å². The number of hydrogen-bond acceptors (Lipinski definition) is 6. The predicted octanol–water partition coefficient (Wildman–Crippen LogP) is 2.05. The number of rotatable bonds is 7. The van der Waals surface area contributed by atoms with Gasteiger partial charge in [0.2, 0.25) is 6.79 Å². The second-order valence-corrected chi connectivity index (χ2v) is 6.66. The second kappa shape index (κ2) is 9.29. The average molecular weight is 419 g/mol. The summed E-state index contributed by atoms with van der Waals surface area (Å²) in [6.45, 7) is 1.51. The Bertz CT molecular complexity index is 916. The Hall–Kier alpha value is -3.26. The predicted molar refractivity (Wildman–Crippen MR) is 104 cm³/mol. The van der Waals surface area contributed by atoms with Crippen LogP contribution in [0.2, 0.25) is 5.02 Å². The van der Waals surface area contributed by atoms with E-state index in [1.54, 1.807) is 30.3 Å². The fourth-order valence-electron chi connectivity index (χ4n) is 2.53. The Kier molecular flexibility index (Phi) is 6.56. The summed E-state index contributed by atoms with van der Waals surface area (Å²) in [6.07, 6.45) is -1.01. The molecule has 0 saturated heterocycles. The summed E-state index contributed by atoms with van der Waals surface area (Å²) in [5.74, 6) is -0.354. The number of amides is 2. The van der Waals surface area contributed by atoms with E-state index in [0.29, 0.717) is 22.1 Å². The van der Waals surface area contributed by atoms with Crippen LogP contribution in [-0.4, -0.2) is 37.2 Å². The molecule has 1 aliphatic heterocycles. The zero-order valence-corrected chi connectivity index (χ0v) is 16.3. The van der Waals surface area contributed by atoms with Gasteiger partial charge in [-0.3, -0.25) is 14.4 Å². The highest BCUT2D eigenvalue weighted by atomic mass is 35.5. The highest BCUT2D eigenvalue weighted by molar-refractivity contribution is 6.30. The van der Waals surface area contributed by atoms with Crippen LogP contribution in [0.5, 0.6) is 11.5 Å². The quantitative estimate of drug-likeness (QED) is 0.667. The molecule has 0 aromatic heterocycles. The lowest BCUT2D eigenvalue weighted by Gasteiger charge is -2.14. The lowest BCUT2D eigenvalue weighted by Crippen LogP contribution is -2.38. The molecule has 2 aromatic rings. The molecule has 0 unspecified atom stereocenters. The largest absolute Gasteiger partial charge is 0.454 e. The highest BCUT2D eigenvalue weighted by Gasteiger charge is 2.19. The molecule has 0 radical (unpaired) electrons. The van der Waals surface area contributed by atoms with Crippen molar-refractivity contribution in [3.05, 3.63) is 58.6 Å². The molecule has 0 fully saturated rings. The molecule has 8 nitrogen and oxygen atoms in total. The summed E-state index contributed by atoms with van der Waals surface area (Å²) in [5.41, 5.74) is 1.17. The van der Waals surface area contributed by atoms with Crippen LogP contribution in [0.3, 0.4) is 0 Å². The van der Waals surface area contributed by atoms with Crippen molar-refractivity contribution in [1.82, 2.24) is 10.6 Å². The lowest BCUT2D eigenvalue weighted by atomic mass is 10.2. The molecule has 1 heterocycles. The number of carbonyl (C=O) groups is 3. The number of benzene rings is 2. The molecule has 0 aliphatic carbocycles. The maximum atomic E-state index is 12.1. The van der Waals surface area contributed by atoms with Gasteiger partial charge in [0.25, 0.3) is 11.8 Å². The van der Waals surface area contributed by atoms with Crippen LogP contribution in [0.25, 0.3) is 0 Å². The van der Waals surface area contributed by atoms with Gasteiger partial charge in [-0.25, -0.2) is 0 Å². The van der Waals surface area contributed by atoms with Gasteiger partial charge in [0.1, 0.15) is 6.54 Å². The Labute approximate surface area is 172 Å². The van der Waals surface area contributed by atoms with Gasteiger partial charge in [-0.05, 0) is 48.9 Å². The van der Waals surface area contributed by atoms with Gasteiger partial charge in [0.05, 0.1) is 0 Å². The van der Waals surface area contributed by atoms with Gasteiger partial charge >= 0.3 is 5.97 Å². The number of esters is 1. The molecule has 1 atom stereocenters. The number of fused-ring (bicyclic) bond motifs is 1. The van der Waals surface area contributed by atoms with E-state index < -0.39 is 23.9 Å². The van der Waals surface area contributed by atoms with Gasteiger partial charge < -0.3 is 24.8 Å². The topological polar surface area (TPSA) is 103 Å². The summed E-state index contributed by atoms with van der Waals surface area (Å²) in [7, 11) is 0. The van der Waals surface area contributed by atoms with Crippen molar-refractivity contribution in [1.29, 1.82) is 0 Å². The molecule has 0 saturated carbocycles. The van der Waals surface area contributed by atoms with Gasteiger partial charge in [0.15, 0.2) is 17.6 Å². The Morgan fingerprint density at radius 3 is 2.55 bits per heavy atom. The maximum Gasteiger partial charge on any atom is 0.326 e. The third kappa shape index (κ3) is 5.61. The second-order valence-electron chi connectivity index (χ2n) is 6.23. The zero-order chi connectivity index (χ0) is 20.8.